The summed E-state index contributed by atoms with van der Waals surface area (Å²) in [6.45, 7) is 13.2. The van der Waals surface area contributed by atoms with Gasteiger partial charge in [-0.3, -0.25) is 14.4 Å². The highest BCUT2D eigenvalue weighted by Crippen LogP contribution is 2.61. The molecule has 4 atom stereocenters. The number of nitrogens with zero attached hydrogens (tertiary/aromatic N) is 8. The van der Waals surface area contributed by atoms with Gasteiger partial charge in [-0.05, 0) is 123 Å². The zero-order valence-electron chi connectivity index (χ0n) is 42.5. The number of aromatic hydroxyl groups is 1. The van der Waals surface area contributed by atoms with Gasteiger partial charge in [0.1, 0.15) is 17.8 Å². The molecule has 4 fully saturated rings. The molecule has 0 unspecified atom stereocenters. The fourth-order valence-corrected chi connectivity index (χ4v) is 13.6. The standard InChI is InChI=1S/C56H67N11O5S/c1-32-49(73-31-60-32)37-12-10-34(11-13-37)27-57-52(71)45-21-40(68)30-67(45)53(72)50(55(3,4)5)62-47(70)20-35-23-56(24-35)25-39(26-56)65-17-14-36(15-18-65)38-28-58-54(59-29-38)66-19-16-43-48(33(66)2)42-22-44(63-64-51(42)61-43)41-8-6-7-9-46(41)69/h6-13,22,28-29,31,33,35-36,39-40,45,50,68-69H,14-21,23-27,30H2,1-5H3,(H,57,71)(H,61,64)(H,62,70)/t33-,35?,39?,40-,45+,50-,56?/m1/s1. The summed E-state index contributed by atoms with van der Waals surface area (Å²) < 4.78 is 0. The summed E-state index contributed by atoms with van der Waals surface area (Å²) in [5.41, 5.74) is 10.1. The van der Waals surface area contributed by atoms with Crippen LogP contribution in [0.1, 0.15) is 119 Å². The molecule has 2 aromatic carbocycles. The molecule has 5 aliphatic rings. The molecule has 17 heteroatoms. The third kappa shape index (κ3) is 9.71. The number of aliphatic hydroxyl groups is 1. The zero-order chi connectivity index (χ0) is 50.8. The van der Waals surface area contributed by atoms with Crippen molar-refractivity contribution in [2.75, 3.05) is 31.1 Å². The summed E-state index contributed by atoms with van der Waals surface area (Å²) in [7, 11) is 0. The van der Waals surface area contributed by atoms with Gasteiger partial charge in [-0.1, -0.05) is 57.2 Å². The normalized spacial score (nSPS) is 24.8. The van der Waals surface area contributed by atoms with Gasteiger partial charge in [0, 0.05) is 79.5 Å². The minimum atomic E-state index is -0.838. The van der Waals surface area contributed by atoms with E-state index in [4.69, 9.17) is 9.97 Å². The van der Waals surface area contributed by atoms with Crippen molar-refractivity contribution in [1.82, 2.24) is 50.6 Å². The molecular weight excluding hydrogens is 939 g/mol. The highest BCUT2D eigenvalue weighted by molar-refractivity contribution is 7.13. The number of thiazole rings is 1. The number of anilines is 1. The third-order valence-electron chi connectivity index (χ3n) is 16.7. The smallest absolute Gasteiger partial charge is 0.246 e. The lowest BCUT2D eigenvalue weighted by Gasteiger charge is -2.60. The molecule has 73 heavy (non-hydrogen) atoms. The van der Waals surface area contributed by atoms with Crippen LogP contribution >= 0.6 is 11.3 Å². The van der Waals surface area contributed by atoms with Gasteiger partial charge in [-0.15, -0.1) is 21.5 Å². The molecule has 3 aliphatic heterocycles. The van der Waals surface area contributed by atoms with Gasteiger partial charge >= 0.3 is 0 Å². The van der Waals surface area contributed by atoms with Crippen LogP contribution in [0, 0.1) is 23.7 Å². The first kappa shape index (κ1) is 48.9. The van der Waals surface area contributed by atoms with E-state index >= 15 is 0 Å². The van der Waals surface area contributed by atoms with Gasteiger partial charge < -0.3 is 40.5 Å². The second-order valence-electron chi connectivity index (χ2n) is 22.8. The SMILES string of the molecule is Cc1ncsc1-c1ccc(CNC(=O)[C@@H]2C[C@@H](O)CN2C(=O)[C@@H](NC(=O)CC2CC3(C2)CC(N2CCC(c4cnc(N5CCc6[nH]c7nnc(-c8ccccc8O)cc7c6[C@H]5C)nc4)CC2)C3)C(C)(C)C)cc1. The maximum Gasteiger partial charge on any atom is 0.246 e. The fourth-order valence-electron chi connectivity index (χ4n) is 12.8. The molecule has 2 aliphatic carbocycles. The van der Waals surface area contributed by atoms with Gasteiger partial charge in [0.25, 0.3) is 0 Å². The van der Waals surface area contributed by atoms with Crippen molar-refractivity contribution in [3.63, 3.8) is 0 Å². The minimum Gasteiger partial charge on any atom is -0.507 e. The Morgan fingerprint density at radius 1 is 0.959 bits per heavy atom. The van der Waals surface area contributed by atoms with Crippen molar-refractivity contribution in [3.05, 3.63) is 101 Å². The number of fused-ring (bicyclic) bond motifs is 3. The monoisotopic (exact) mass is 1010 g/mol. The Morgan fingerprint density at radius 2 is 1.70 bits per heavy atom. The molecule has 7 heterocycles. The number of amides is 3. The van der Waals surface area contributed by atoms with E-state index in [2.05, 4.69) is 47.5 Å². The van der Waals surface area contributed by atoms with Crippen molar-refractivity contribution in [1.29, 1.82) is 0 Å². The van der Waals surface area contributed by atoms with E-state index in [9.17, 15) is 24.6 Å². The molecule has 0 radical (unpaired) electrons. The van der Waals surface area contributed by atoms with Crippen molar-refractivity contribution < 1.29 is 24.6 Å². The summed E-state index contributed by atoms with van der Waals surface area (Å²) in [6.07, 6.45) is 11.1. The molecule has 5 N–H and O–H groups in total. The minimum absolute atomic E-state index is 0.0203. The average Bonchev–Trinajstić information content (AvgIpc) is 4.09. The third-order valence-corrected chi connectivity index (χ3v) is 17.7. The lowest BCUT2D eigenvalue weighted by molar-refractivity contribution is -0.145. The van der Waals surface area contributed by atoms with Crippen LogP contribution in [0.5, 0.6) is 5.75 Å². The maximum atomic E-state index is 14.2. The number of likely N-dealkylation sites (tertiary alicyclic amines) is 2. The van der Waals surface area contributed by atoms with E-state index in [1.807, 2.05) is 88.1 Å². The van der Waals surface area contributed by atoms with E-state index < -0.39 is 23.6 Å². The Labute approximate surface area is 430 Å². The summed E-state index contributed by atoms with van der Waals surface area (Å²) in [4.78, 5) is 66.7. The number of aliphatic hydroxyl groups excluding tert-OH is 1. The number of benzene rings is 2. The number of carbonyl (C=O) groups is 3. The summed E-state index contributed by atoms with van der Waals surface area (Å²) in [5, 5.41) is 37.2. The van der Waals surface area contributed by atoms with Gasteiger partial charge in [-0.2, -0.15) is 0 Å². The first-order valence-electron chi connectivity index (χ1n) is 26.1. The lowest BCUT2D eigenvalue weighted by atomic mass is 9.49. The first-order chi connectivity index (χ1) is 35.1. The molecule has 16 nitrogen and oxygen atoms in total. The number of aromatic amines is 1. The fraction of sp³-hybridized carbons (Fsp3) is 0.500. The lowest BCUT2D eigenvalue weighted by Crippen LogP contribution is -2.59. The molecular formula is C56H67N11O5S. The molecule has 1 spiro atoms. The van der Waals surface area contributed by atoms with Crippen LogP contribution in [0.25, 0.3) is 32.7 Å². The number of aromatic nitrogens is 6. The quantitative estimate of drug-likeness (QED) is 0.0804. The predicted molar refractivity (Wildman–Crippen MR) is 280 cm³/mol. The molecule has 0 bridgehead atoms. The highest BCUT2D eigenvalue weighted by Gasteiger charge is 2.55. The van der Waals surface area contributed by atoms with Crippen molar-refractivity contribution >= 4 is 46.0 Å². The van der Waals surface area contributed by atoms with E-state index in [0.29, 0.717) is 41.6 Å². The number of rotatable bonds is 12. The number of H-pyrrole nitrogens is 1. The Hall–Kier alpha value is -6.30. The second-order valence-corrected chi connectivity index (χ2v) is 23.6. The van der Waals surface area contributed by atoms with E-state index in [1.54, 1.807) is 23.5 Å². The summed E-state index contributed by atoms with van der Waals surface area (Å²) in [6, 6.07) is 16.1. The van der Waals surface area contributed by atoms with E-state index in [-0.39, 0.29) is 48.4 Å². The van der Waals surface area contributed by atoms with Gasteiger partial charge in [-0.25, -0.2) is 15.0 Å². The summed E-state index contributed by atoms with van der Waals surface area (Å²) in [5.74, 6) is 0.826. The number of piperidine rings is 1. The molecule has 4 aromatic heterocycles. The van der Waals surface area contributed by atoms with Crippen LogP contribution in [0.15, 0.2) is 72.5 Å². The number of carbonyl (C=O) groups excluding carboxylic acids is 3. The van der Waals surface area contributed by atoms with Crippen LogP contribution in [0.4, 0.5) is 5.95 Å². The molecule has 3 amide bonds. The van der Waals surface area contributed by atoms with E-state index in [0.717, 1.165) is 96.1 Å². The van der Waals surface area contributed by atoms with Crippen molar-refractivity contribution in [3.8, 4) is 27.4 Å². The Morgan fingerprint density at radius 3 is 2.40 bits per heavy atom. The Bertz CT molecular complexity index is 3000. The average molecular weight is 1010 g/mol. The maximum absolute atomic E-state index is 14.2. The largest absolute Gasteiger partial charge is 0.507 e. The molecule has 2 saturated carbocycles. The van der Waals surface area contributed by atoms with Crippen LogP contribution < -0.4 is 15.5 Å². The highest BCUT2D eigenvalue weighted by atomic mass is 32.1. The van der Waals surface area contributed by atoms with Gasteiger partial charge in [0.05, 0.1) is 33.9 Å². The number of hydrogen-bond acceptors (Lipinski definition) is 13. The number of aryl methyl sites for hydroxylation is 1. The van der Waals surface area contributed by atoms with E-state index in [1.165, 1.54) is 28.9 Å². The topological polar surface area (TPSA) is 206 Å². The molecule has 6 aromatic rings. The molecule has 11 rings (SSSR count). The number of nitrogens with one attached hydrogen (secondary N) is 3. The number of para-hydroxylation sites is 1. The Balaban J connectivity index is 0.629. The van der Waals surface area contributed by atoms with Gasteiger partial charge in [0.2, 0.25) is 23.7 Å². The van der Waals surface area contributed by atoms with Crippen LogP contribution in [0.3, 0.4) is 0 Å². The Kier molecular flexibility index (Phi) is 13.1. The zero-order valence-corrected chi connectivity index (χ0v) is 43.3. The van der Waals surface area contributed by atoms with Crippen LogP contribution in [0.2, 0.25) is 0 Å². The van der Waals surface area contributed by atoms with Crippen LogP contribution in [-0.2, 0) is 27.3 Å². The van der Waals surface area contributed by atoms with Gasteiger partial charge in [0.15, 0.2) is 5.65 Å². The molecule has 382 valence electrons. The second kappa shape index (κ2) is 19.5. The van der Waals surface area contributed by atoms with Crippen molar-refractivity contribution in [2.24, 2.45) is 16.7 Å². The number of hydrogen-bond donors (Lipinski definition) is 5. The summed E-state index contributed by atoms with van der Waals surface area (Å²) >= 11 is 1.59. The predicted octanol–water partition coefficient (Wildman–Crippen LogP) is 7.61. The van der Waals surface area contributed by atoms with Crippen LogP contribution in [-0.4, -0.2) is 118 Å². The molecule has 2 saturated heterocycles. The number of phenolic OH excluding ortho intramolecular Hbond substituents is 1. The first-order valence-corrected chi connectivity index (χ1v) is 27.0. The van der Waals surface area contributed by atoms with Crippen molar-refractivity contribution in [2.45, 2.75) is 135 Å². The number of phenols is 1. The number of β-amino-alcohol motifs (C(OH)–C–C–N with tert-alkyl or cyclic N) is 1.